The maximum absolute atomic E-state index is 13.2. The van der Waals surface area contributed by atoms with Crippen LogP contribution in [-0.2, 0) is 0 Å². The highest BCUT2D eigenvalue weighted by molar-refractivity contribution is 7.99. The van der Waals surface area contributed by atoms with E-state index < -0.39 is 5.82 Å². The highest BCUT2D eigenvalue weighted by Gasteiger charge is 2.10. The van der Waals surface area contributed by atoms with E-state index in [-0.39, 0.29) is 5.84 Å². The van der Waals surface area contributed by atoms with Crippen LogP contribution in [0.25, 0.3) is 0 Å². The Labute approximate surface area is 107 Å². The molecule has 7 heteroatoms. The molecule has 0 saturated heterocycles. The van der Waals surface area contributed by atoms with Crippen LogP contribution >= 0.6 is 11.8 Å². The second-order valence-corrected chi connectivity index (χ2v) is 4.34. The van der Waals surface area contributed by atoms with Crippen molar-refractivity contribution in [3.05, 3.63) is 48.2 Å². The molecular formula is C11H9FN4OS. The van der Waals surface area contributed by atoms with Crippen molar-refractivity contribution in [2.75, 3.05) is 0 Å². The summed E-state index contributed by atoms with van der Waals surface area (Å²) in [7, 11) is 0. The maximum Gasteiger partial charge on any atom is 0.171 e. The topological polar surface area (TPSA) is 84.4 Å². The van der Waals surface area contributed by atoms with Crippen LogP contribution in [0.15, 0.2) is 51.9 Å². The molecule has 0 aliphatic rings. The van der Waals surface area contributed by atoms with Gasteiger partial charge in [-0.15, -0.1) is 0 Å². The maximum atomic E-state index is 13.2. The van der Waals surface area contributed by atoms with Crippen LogP contribution in [-0.4, -0.2) is 21.0 Å². The zero-order valence-corrected chi connectivity index (χ0v) is 9.93. The molecule has 92 valence electrons. The van der Waals surface area contributed by atoms with Crippen LogP contribution in [0.4, 0.5) is 4.39 Å². The van der Waals surface area contributed by atoms with Gasteiger partial charge in [0.25, 0.3) is 0 Å². The summed E-state index contributed by atoms with van der Waals surface area (Å²) in [5, 5.41) is 12.2. The largest absolute Gasteiger partial charge is 0.409 e. The monoisotopic (exact) mass is 264 g/mol. The first-order chi connectivity index (χ1) is 8.70. The van der Waals surface area contributed by atoms with Gasteiger partial charge in [-0.05, 0) is 24.3 Å². The molecular weight excluding hydrogens is 255 g/mol. The molecule has 0 bridgehead atoms. The fourth-order valence-electron chi connectivity index (χ4n) is 1.30. The highest BCUT2D eigenvalue weighted by atomic mass is 32.2. The summed E-state index contributed by atoms with van der Waals surface area (Å²) in [6.07, 6.45) is 3.01. The summed E-state index contributed by atoms with van der Waals surface area (Å²) in [4.78, 5) is 8.48. The standard InChI is InChI=1S/C11H9FN4OS/c12-7-1-2-9(8(5-7)11(13)16-17)18-10-3-4-14-6-15-10/h1-6,17H,(H2,13,16). The fraction of sp³-hybridized carbons (Fsp3) is 0. The summed E-state index contributed by atoms with van der Waals surface area (Å²) >= 11 is 1.28. The predicted octanol–water partition coefficient (Wildman–Crippen LogP) is 1.86. The van der Waals surface area contributed by atoms with Gasteiger partial charge in [0.15, 0.2) is 5.84 Å². The SMILES string of the molecule is NC(=NO)c1cc(F)ccc1Sc1ccncn1. The number of hydrogen-bond acceptors (Lipinski definition) is 5. The van der Waals surface area contributed by atoms with Crippen LogP contribution in [0.2, 0.25) is 0 Å². The molecule has 1 aromatic carbocycles. The van der Waals surface area contributed by atoms with Crippen molar-refractivity contribution >= 4 is 17.6 Å². The lowest BCUT2D eigenvalue weighted by Gasteiger charge is -2.07. The van der Waals surface area contributed by atoms with Crippen LogP contribution in [0, 0.1) is 5.82 Å². The quantitative estimate of drug-likeness (QED) is 0.290. The van der Waals surface area contributed by atoms with Gasteiger partial charge in [0, 0.05) is 16.7 Å². The third-order valence-corrected chi connectivity index (χ3v) is 3.12. The lowest BCUT2D eigenvalue weighted by molar-refractivity contribution is 0.318. The van der Waals surface area contributed by atoms with E-state index in [9.17, 15) is 4.39 Å². The van der Waals surface area contributed by atoms with Gasteiger partial charge in [-0.2, -0.15) is 0 Å². The Balaban J connectivity index is 2.39. The summed E-state index contributed by atoms with van der Waals surface area (Å²) in [5.41, 5.74) is 5.83. The van der Waals surface area contributed by atoms with E-state index in [1.54, 1.807) is 18.3 Å². The summed E-state index contributed by atoms with van der Waals surface area (Å²) in [5.74, 6) is -0.602. The number of aromatic nitrogens is 2. The Bertz CT molecular complexity index is 577. The van der Waals surface area contributed by atoms with Gasteiger partial charge in [-0.1, -0.05) is 16.9 Å². The zero-order valence-electron chi connectivity index (χ0n) is 9.12. The Morgan fingerprint density at radius 3 is 2.89 bits per heavy atom. The first kappa shape index (κ1) is 12.3. The number of halogens is 1. The number of oxime groups is 1. The van der Waals surface area contributed by atoms with Crippen molar-refractivity contribution in [3.8, 4) is 0 Å². The Kier molecular flexibility index (Phi) is 3.73. The Morgan fingerprint density at radius 1 is 1.39 bits per heavy atom. The average molecular weight is 264 g/mol. The number of benzene rings is 1. The number of amidine groups is 1. The molecule has 0 saturated carbocycles. The van der Waals surface area contributed by atoms with E-state index in [4.69, 9.17) is 10.9 Å². The normalized spacial score (nSPS) is 11.5. The van der Waals surface area contributed by atoms with Crippen molar-refractivity contribution in [2.45, 2.75) is 9.92 Å². The van der Waals surface area contributed by atoms with Crippen molar-refractivity contribution in [1.82, 2.24) is 9.97 Å². The predicted molar refractivity (Wildman–Crippen MR) is 65.1 cm³/mol. The molecule has 0 unspecified atom stereocenters. The molecule has 0 amide bonds. The minimum Gasteiger partial charge on any atom is -0.409 e. The van der Waals surface area contributed by atoms with Crippen LogP contribution in [0.5, 0.6) is 0 Å². The molecule has 0 radical (unpaired) electrons. The van der Waals surface area contributed by atoms with E-state index >= 15 is 0 Å². The Hall–Kier alpha value is -2.15. The molecule has 0 atom stereocenters. The first-order valence-electron chi connectivity index (χ1n) is 4.92. The molecule has 2 aromatic rings. The number of nitrogens with zero attached hydrogens (tertiary/aromatic N) is 3. The van der Waals surface area contributed by atoms with Crippen LogP contribution < -0.4 is 5.73 Å². The van der Waals surface area contributed by atoms with E-state index in [0.717, 1.165) is 0 Å². The molecule has 1 heterocycles. The zero-order chi connectivity index (χ0) is 13.0. The van der Waals surface area contributed by atoms with Gasteiger partial charge in [0.2, 0.25) is 0 Å². The van der Waals surface area contributed by atoms with E-state index in [1.807, 2.05) is 0 Å². The number of rotatable bonds is 3. The average Bonchev–Trinajstić information content (AvgIpc) is 2.41. The van der Waals surface area contributed by atoms with E-state index in [1.165, 1.54) is 30.2 Å². The molecule has 0 spiro atoms. The molecule has 0 aliphatic carbocycles. The summed E-state index contributed by atoms with van der Waals surface area (Å²) < 4.78 is 13.2. The van der Waals surface area contributed by atoms with E-state index in [2.05, 4.69) is 15.1 Å². The van der Waals surface area contributed by atoms with Crippen LogP contribution in [0.3, 0.4) is 0 Å². The minimum atomic E-state index is -0.455. The number of hydrogen-bond donors (Lipinski definition) is 2. The summed E-state index contributed by atoms with van der Waals surface area (Å²) in [6, 6.07) is 5.77. The molecule has 3 N–H and O–H groups in total. The molecule has 18 heavy (non-hydrogen) atoms. The molecule has 5 nitrogen and oxygen atoms in total. The van der Waals surface area contributed by atoms with Gasteiger partial charge >= 0.3 is 0 Å². The van der Waals surface area contributed by atoms with Gasteiger partial charge in [-0.25, -0.2) is 14.4 Å². The van der Waals surface area contributed by atoms with Gasteiger partial charge in [0.1, 0.15) is 17.2 Å². The van der Waals surface area contributed by atoms with Crippen LogP contribution in [0.1, 0.15) is 5.56 Å². The lowest BCUT2D eigenvalue weighted by atomic mass is 10.2. The first-order valence-corrected chi connectivity index (χ1v) is 5.73. The third-order valence-electron chi connectivity index (χ3n) is 2.09. The molecule has 1 aromatic heterocycles. The third kappa shape index (κ3) is 2.75. The molecule has 0 fully saturated rings. The van der Waals surface area contributed by atoms with Gasteiger partial charge < -0.3 is 10.9 Å². The second-order valence-electron chi connectivity index (χ2n) is 3.28. The fourth-order valence-corrected chi connectivity index (χ4v) is 2.16. The van der Waals surface area contributed by atoms with E-state index in [0.29, 0.717) is 15.5 Å². The van der Waals surface area contributed by atoms with Crippen molar-refractivity contribution in [3.63, 3.8) is 0 Å². The van der Waals surface area contributed by atoms with Gasteiger partial charge in [0.05, 0.1) is 0 Å². The lowest BCUT2D eigenvalue weighted by Crippen LogP contribution is -2.14. The second kappa shape index (κ2) is 5.46. The molecule has 2 rings (SSSR count). The van der Waals surface area contributed by atoms with Crippen molar-refractivity contribution < 1.29 is 9.60 Å². The van der Waals surface area contributed by atoms with Gasteiger partial charge in [-0.3, -0.25) is 0 Å². The van der Waals surface area contributed by atoms with Crippen molar-refractivity contribution in [2.24, 2.45) is 10.9 Å². The minimum absolute atomic E-state index is 0.147. The highest BCUT2D eigenvalue weighted by Crippen LogP contribution is 2.29. The number of nitrogens with two attached hydrogens (primary N) is 1. The Morgan fingerprint density at radius 2 is 2.22 bits per heavy atom. The van der Waals surface area contributed by atoms with Crippen molar-refractivity contribution in [1.29, 1.82) is 0 Å². The smallest absolute Gasteiger partial charge is 0.171 e. The summed E-state index contributed by atoms with van der Waals surface area (Å²) in [6.45, 7) is 0. The molecule has 0 aliphatic heterocycles.